The first-order valence-corrected chi connectivity index (χ1v) is 11.0. The van der Waals surface area contributed by atoms with Gasteiger partial charge in [0.15, 0.2) is 9.84 Å². The normalized spacial score (nSPS) is 24.1. The molecule has 1 aliphatic carbocycles. The van der Waals surface area contributed by atoms with E-state index < -0.39 is 19.9 Å². The van der Waals surface area contributed by atoms with E-state index in [1.807, 2.05) is 6.07 Å². The first-order chi connectivity index (χ1) is 10.4. The van der Waals surface area contributed by atoms with Gasteiger partial charge in [-0.3, -0.25) is 0 Å². The Labute approximate surface area is 132 Å². The predicted molar refractivity (Wildman–Crippen MR) is 85.0 cm³/mol. The van der Waals surface area contributed by atoms with Crippen molar-refractivity contribution >= 4 is 19.9 Å². The Kier molecular flexibility index (Phi) is 4.31. The molecule has 1 heterocycles. The van der Waals surface area contributed by atoms with Gasteiger partial charge in [-0.05, 0) is 61.3 Å². The Morgan fingerprint density at radius 3 is 2.55 bits per heavy atom. The SMILES string of the molecule is O=S1(=O)CCC(CNS(=O)(=O)c2ccc3c(c2)CCCC3)C1. The smallest absolute Gasteiger partial charge is 0.229 e. The third-order valence-corrected chi connectivity index (χ3v) is 7.78. The highest BCUT2D eigenvalue weighted by molar-refractivity contribution is 7.91. The molecule has 1 aromatic carbocycles. The second-order valence-electron chi connectivity index (χ2n) is 6.26. The molecule has 0 aromatic heterocycles. The number of nitrogens with one attached hydrogen (secondary N) is 1. The van der Waals surface area contributed by atoms with Crippen LogP contribution in [0.3, 0.4) is 0 Å². The number of aryl methyl sites for hydroxylation is 2. The third kappa shape index (κ3) is 3.52. The van der Waals surface area contributed by atoms with Crippen LogP contribution in [-0.2, 0) is 32.7 Å². The highest BCUT2D eigenvalue weighted by Gasteiger charge is 2.29. The van der Waals surface area contributed by atoms with Crippen LogP contribution in [0.25, 0.3) is 0 Å². The first-order valence-electron chi connectivity index (χ1n) is 7.68. The van der Waals surface area contributed by atoms with Crippen LogP contribution in [0, 0.1) is 5.92 Å². The van der Waals surface area contributed by atoms with E-state index in [1.54, 1.807) is 12.1 Å². The molecule has 3 rings (SSSR count). The maximum atomic E-state index is 12.4. The molecular weight excluding hydrogens is 322 g/mol. The molecule has 0 saturated carbocycles. The summed E-state index contributed by atoms with van der Waals surface area (Å²) in [4.78, 5) is 0.286. The van der Waals surface area contributed by atoms with Gasteiger partial charge in [0.1, 0.15) is 0 Å². The van der Waals surface area contributed by atoms with Crippen molar-refractivity contribution < 1.29 is 16.8 Å². The number of hydrogen-bond donors (Lipinski definition) is 1. The van der Waals surface area contributed by atoms with E-state index >= 15 is 0 Å². The molecule has 1 fully saturated rings. The lowest BCUT2D eigenvalue weighted by molar-refractivity contribution is 0.543. The highest BCUT2D eigenvalue weighted by atomic mass is 32.2. The van der Waals surface area contributed by atoms with Crippen molar-refractivity contribution in [2.24, 2.45) is 5.92 Å². The van der Waals surface area contributed by atoms with E-state index in [1.165, 1.54) is 5.56 Å². The minimum atomic E-state index is -3.56. The Morgan fingerprint density at radius 1 is 1.14 bits per heavy atom. The Bertz CT molecular complexity index is 769. The van der Waals surface area contributed by atoms with Crippen molar-refractivity contribution in [3.8, 4) is 0 Å². The molecular formula is C15H21NO4S2. The monoisotopic (exact) mass is 343 g/mol. The van der Waals surface area contributed by atoms with Crippen molar-refractivity contribution in [1.82, 2.24) is 4.72 Å². The number of sulfone groups is 1. The molecule has 22 heavy (non-hydrogen) atoms. The van der Waals surface area contributed by atoms with Gasteiger partial charge in [0, 0.05) is 6.54 Å². The predicted octanol–water partition coefficient (Wildman–Crippen LogP) is 1.28. The molecule has 0 bridgehead atoms. The molecule has 1 aromatic rings. The van der Waals surface area contributed by atoms with Crippen molar-refractivity contribution in [3.05, 3.63) is 29.3 Å². The standard InChI is InChI=1S/C15H21NO4S2/c17-21(18)8-7-12(11-21)10-16-22(19,20)15-6-5-13-3-1-2-4-14(13)9-15/h5-6,9,12,16H,1-4,7-8,10-11H2. The van der Waals surface area contributed by atoms with E-state index in [0.717, 1.165) is 31.2 Å². The molecule has 1 saturated heterocycles. The molecule has 1 aliphatic heterocycles. The van der Waals surface area contributed by atoms with Gasteiger partial charge < -0.3 is 0 Å². The lowest BCUT2D eigenvalue weighted by atomic mass is 9.92. The van der Waals surface area contributed by atoms with Gasteiger partial charge in [-0.1, -0.05) is 6.07 Å². The Hall–Kier alpha value is -0.920. The second kappa shape index (κ2) is 5.94. The van der Waals surface area contributed by atoms with Crippen LogP contribution in [0.2, 0.25) is 0 Å². The maximum Gasteiger partial charge on any atom is 0.240 e. The average molecular weight is 343 g/mol. The first kappa shape index (κ1) is 16.0. The third-order valence-electron chi connectivity index (χ3n) is 4.52. The van der Waals surface area contributed by atoms with Crippen LogP contribution in [0.1, 0.15) is 30.4 Å². The summed E-state index contributed by atoms with van der Waals surface area (Å²) in [5, 5.41) is 0. The topological polar surface area (TPSA) is 80.3 Å². The van der Waals surface area contributed by atoms with Crippen LogP contribution in [0.5, 0.6) is 0 Å². The fraction of sp³-hybridized carbons (Fsp3) is 0.600. The number of benzene rings is 1. The van der Waals surface area contributed by atoms with Crippen LogP contribution in [0.15, 0.2) is 23.1 Å². The summed E-state index contributed by atoms with van der Waals surface area (Å²) >= 11 is 0. The summed E-state index contributed by atoms with van der Waals surface area (Å²) < 4.78 is 50.2. The van der Waals surface area contributed by atoms with Crippen molar-refractivity contribution in [1.29, 1.82) is 0 Å². The summed E-state index contributed by atoms with van der Waals surface area (Å²) in [6.45, 7) is 0.193. The molecule has 5 nitrogen and oxygen atoms in total. The van der Waals surface area contributed by atoms with Crippen molar-refractivity contribution in [2.45, 2.75) is 37.0 Å². The summed E-state index contributed by atoms with van der Waals surface area (Å²) in [5.41, 5.74) is 2.37. The summed E-state index contributed by atoms with van der Waals surface area (Å²) in [6, 6.07) is 5.32. The molecule has 2 aliphatic rings. The van der Waals surface area contributed by atoms with Crippen LogP contribution in [-0.4, -0.2) is 34.9 Å². The molecule has 0 spiro atoms. The van der Waals surface area contributed by atoms with E-state index in [2.05, 4.69) is 4.72 Å². The number of fused-ring (bicyclic) bond motifs is 1. The van der Waals surface area contributed by atoms with Gasteiger partial charge >= 0.3 is 0 Å². The zero-order valence-corrected chi connectivity index (χ0v) is 14.0. The number of rotatable bonds is 4. The van der Waals surface area contributed by atoms with E-state index in [9.17, 15) is 16.8 Å². The number of sulfonamides is 1. The van der Waals surface area contributed by atoms with Gasteiger partial charge in [-0.15, -0.1) is 0 Å². The molecule has 1 N–H and O–H groups in total. The Balaban J connectivity index is 1.70. The van der Waals surface area contributed by atoms with Crippen molar-refractivity contribution in [3.63, 3.8) is 0 Å². The quantitative estimate of drug-likeness (QED) is 0.893. The fourth-order valence-corrected chi connectivity index (χ4v) is 6.25. The zero-order chi connectivity index (χ0) is 15.8. The van der Waals surface area contributed by atoms with E-state index in [-0.39, 0.29) is 28.9 Å². The second-order valence-corrected chi connectivity index (χ2v) is 10.3. The van der Waals surface area contributed by atoms with E-state index in [0.29, 0.717) is 6.42 Å². The van der Waals surface area contributed by atoms with Gasteiger partial charge in [0.05, 0.1) is 16.4 Å². The maximum absolute atomic E-state index is 12.4. The van der Waals surface area contributed by atoms with Crippen LogP contribution >= 0.6 is 0 Å². The van der Waals surface area contributed by atoms with E-state index in [4.69, 9.17) is 0 Å². The molecule has 122 valence electrons. The highest BCUT2D eigenvalue weighted by Crippen LogP contribution is 2.24. The molecule has 1 atom stereocenters. The van der Waals surface area contributed by atoms with Gasteiger partial charge in [-0.2, -0.15) is 0 Å². The minimum absolute atomic E-state index is 0.0830. The lowest BCUT2D eigenvalue weighted by Crippen LogP contribution is -2.30. The lowest BCUT2D eigenvalue weighted by Gasteiger charge is -2.17. The van der Waals surface area contributed by atoms with Crippen LogP contribution < -0.4 is 4.72 Å². The zero-order valence-electron chi connectivity index (χ0n) is 12.4. The fourth-order valence-electron chi connectivity index (χ4n) is 3.22. The van der Waals surface area contributed by atoms with Crippen molar-refractivity contribution in [2.75, 3.05) is 18.1 Å². The summed E-state index contributed by atoms with van der Waals surface area (Å²) in [5.74, 6) is 0.134. The molecule has 7 heteroatoms. The van der Waals surface area contributed by atoms with Gasteiger partial charge in [0.25, 0.3) is 0 Å². The number of hydrogen-bond acceptors (Lipinski definition) is 4. The minimum Gasteiger partial charge on any atom is -0.229 e. The molecule has 0 radical (unpaired) electrons. The summed E-state index contributed by atoms with van der Waals surface area (Å²) in [7, 11) is -6.54. The molecule has 0 amide bonds. The van der Waals surface area contributed by atoms with Gasteiger partial charge in [0.2, 0.25) is 10.0 Å². The molecule has 1 unspecified atom stereocenters. The van der Waals surface area contributed by atoms with Crippen LogP contribution in [0.4, 0.5) is 0 Å². The summed E-state index contributed by atoms with van der Waals surface area (Å²) in [6.07, 6.45) is 4.75. The largest absolute Gasteiger partial charge is 0.240 e. The van der Waals surface area contributed by atoms with Gasteiger partial charge in [-0.25, -0.2) is 21.6 Å². The average Bonchev–Trinajstić information content (AvgIpc) is 2.84. The Morgan fingerprint density at radius 2 is 1.86 bits per heavy atom.